The van der Waals surface area contributed by atoms with Crippen molar-refractivity contribution in [2.75, 3.05) is 18.8 Å². The fourth-order valence-corrected chi connectivity index (χ4v) is 3.85. The van der Waals surface area contributed by atoms with Crippen molar-refractivity contribution in [1.82, 2.24) is 15.0 Å². The Hall–Kier alpha value is -2.22. The molecule has 128 valence electrons. The minimum Gasteiger partial charge on any atom is -0.342 e. The minimum absolute atomic E-state index is 0.000674. The number of carbonyl (C=O) groups excluding carboxylic acids is 1. The Morgan fingerprint density at radius 3 is 2.75 bits per heavy atom. The molecule has 3 rings (SSSR count). The molecule has 1 saturated heterocycles. The van der Waals surface area contributed by atoms with Gasteiger partial charge in [0.1, 0.15) is 11.5 Å². The van der Waals surface area contributed by atoms with E-state index in [1.807, 2.05) is 31.2 Å². The molecule has 24 heavy (non-hydrogen) atoms. The SMILES string of the molecule is Cc1cccc(-c2noc(CS(=O)(=O)CC(=O)N3CCCC3)n2)c1. The van der Waals surface area contributed by atoms with Gasteiger partial charge in [0.15, 0.2) is 9.84 Å². The van der Waals surface area contributed by atoms with Gasteiger partial charge in [-0.1, -0.05) is 28.9 Å². The summed E-state index contributed by atoms with van der Waals surface area (Å²) in [6, 6.07) is 7.53. The molecule has 8 heteroatoms. The molecule has 0 unspecified atom stereocenters. The van der Waals surface area contributed by atoms with Crippen LogP contribution in [0.25, 0.3) is 11.4 Å². The average Bonchev–Trinajstić information content (AvgIpc) is 3.17. The number of carbonyl (C=O) groups is 1. The first-order chi connectivity index (χ1) is 11.4. The number of aromatic nitrogens is 2. The van der Waals surface area contributed by atoms with Gasteiger partial charge < -0.3 is 9.42 Å². The smallest absolute Gasteiger partial charge is 0.242 e. The van der Waals surface area contributed by atoms with Gasteiger partial charge in [-0.15, -0.1) is 0 Å². The third kappa shape index (κ3) is 4.00. The number of likely N-dealkylation sites (tertiary alicyclic amines) is 1. The lowest BCUT2D eigenvalue weighted by Gasteiger charge is -2.14. The van der Waals surface area contributed by atoms with E-state index in [0.717, 1.165) is 24.0 Å². The van der Waals surface area contributed by atoms with Gasteiger partial charge in [-0.3, -0.25) is 4.79 Å². The van der Waals surface area contributed by atoms with Crippen molar-refractivity contribution < 1.29 is 17.7 Å². The van der Waals surface area contributed by atoms with E-state index in [2.05, 4.69) is 10.1 Å². The Labute approximate surface area is 140 Å². The largest absolute Gasteiger partial charge is 0.342 e. The van der Waals surface area contributed by atoms with E-state index < -0.39 is 21.3 Å². The Kier molecular flexibility index (Phi) is 4.66. The molecule has 1 aliphatic rings. The molecule has 0 N–H and O–H groups in total. The van der Waals surface area contributed by atoms with Crippen molar-refractivity contribution >= 4 is 15.7 Å². The number of aryl methyl sites for hydroxylation is 1. The summed E-state index contributed by atoms with van der Waals surface area (Å²) >= 11 is 0. The monoisotopic (exact) mass is 349 g/mol. The molecule has 0 bridgehead atoms. The van der Waals surface area contributed by atoms with Crippen LogP contribution in [0.2, 0.25) is 0 Å². The number of amides is 1. The van der Waals surface area contributed by atoms with Crippen molar-refractivity contribution in [2.24, 2.45) is 0 Å². The standard InChI is InChI=1S/C16H19N3O4S/c1-12-5-4-6-13(9-12)16-17-14(23-18-16)10-24(21,22)11-15(20)19-7-2-3-8-19/h4-6,9H,2-3,7-8,10-11H2,1H3. The van der Waals surface area contributed by atoms with Crippen LogP contribution in [0.5, 0.6) is 0 Å². The Bertz CT molecular complexity index is 839. The van der Waals surface area contributed by atoms with Crippen LogP contribution in [0.3, 0.4) is 0 Å². The summed E-state index contributed by atoms with van der Waals surface area (Å²) in [7, 11) is -3.64. The molecule has 1 amide bonds. The average molecular weight is 349 g/mol. The highest BCUT2D eigenvalue weighted by atomic mass is 32.2. The zero-order chi connectivity index (χ0) is 17.2. The number of benzene rings is 1. The van der Waals surface area contributed by atoms with Crippen LogP contribution in [-0.2, 0) is 20.4 Å². The zero-order valence-corrected chi connectivity index (χ0v) is 14.3. The van der Waals surface area contributed by atoms with Gasteiger partial charge in [0.05, 0.1) is 0 Å². The molecule has 1 fully saturated rings. The summed E-state index contributed by atoms with van der Waals surface area (Å²) < 4.78 is 29.4. The number of hydrogen-bond acceptors (Lipinski definition) is 6. The van der Waals surface area contributed by atoms with Gasteiger partial charge in [0.2, 0.25) is 17.6 Å². The predicted molar refractivity (Wildman–Crippen MR) is 87.8 cm³/mol. The lowest BCUT2D eigenvalue weighted by molar-refractivity contribution is -0.127. The molecule has 0 radical (unpaired) electrons. The van der Waals surface area contributed by atoms with Crippen molar-refractivity contribution in [3.8, 4) is 11.4 Å². The van der Waals surface area contributed by atoms with Crippen LogP contribution in [0.1, 0.15) is 24.3 Å². The Morgan fingerprint density at radius 2 is 2.04 bits per heavy atom. The maximum Gasteiger partial charge on any atom is 0.242 e. The van der Waals surface area contributed by atoms with Crippen LogP contribution in [0.15, 0.2) is 28.8 Å². The van der Waals surface area contributed by atoms with Crippen LogP contribution < -0.4 is 0 Å². The molecule has 1 aromatic heterocycles. The van der Waals surface area contributed by atoms with Gasteiger partial charge in [-0.05, 0) is 25.8 Å². The quantitative estimate of drug-likeness (QED) is 0.813. The van der Waals surface area contributed by atoms with Gasteiger partial charge in [-0.25, -0.2) is 8.42 Å². The summed E-state index contributed by atoms with van der Waals surface area (Å²) in [6.07, 6.45) is 1.85. The van der Waals surface area contributed by atoms with E-state index in [-0.39, 0.29) is 11.8 Å². The van der Waals surface area contributed by atoms with Crippen molar-refractivity contribution in [2.45, 2.75) is 25.5 Å². The molecule has 2 heterocycles. The minimum atomic E-state index is -3.64. The van der Waals surface area contributed by atoms with E-state index in [9.17, 15) is 13.2 Å². The number of hydrogen-bond donors (Lipinski definition) is 0. The maximum atomic E-state index is 12.2. The zero-order valence-electron chi connectivity index (χ0n) is 13.4. The predicted octanol–water partition coefficient (Wildman–Crippen LogP) is 1.58. The normalized spacial score (nSPS) is 15.0. The van der Waals surface area contributed by atoms with Crippen LogP contribution in [0, 0.1) is 6.92 Å². The molecule has 1 aliphatic heterocycles. The van der Waals surface area contributed by atoms with E-state index in [4.69, 9.17) is 4.52 Å². The van der Waals surface area contributed by atoms with Crippen LogP contribution in [-0.4, -0.2) is 48.2 Å². The highest BCUT2D eigenvalue weighted by Crippen LogP contribution is 2.18. The summed E-state index contributed by atoms with van der Waals surface area (Å²) in [5.41, 5.74) is 1.80. The second-order valence-corrected chi connectivity index (χ2v) is 8.07. The van der Waals surface area contributed by atoms with Crippen LogP contribution >= 0.6 is 0 Å². The third-order valence-corrected chi connectivity index (χ3v) is 5.26. The van der Waals surface area contributed by atoms with Crippen molar-refractivity contribution in [3.05, 3.63) is 35.7 Å². The Morgan fingerprint density at radius 1 is 1.29 bits per heavy atom. The van der Waals surface area contributed by atoms with Gasteiger partial charge in [-0.2, -0.15) is 4.98 Å². The van der Waals surface area contributed by atoms with Crippen LogP contribution in [0.4, 0.5) is 0 Å². The molecule has 1 aromatic carbocycles. The second-order valence-electron chi connectivity index (χ2n) is 6.00. The van der Waals surface area contributed by atoms with Gasteiger partial charge in [0.25, 0.3) is 0 Å². The maximum absolute atomic E-state index is 12.2. The van der Waals surface area contributed by atoms with E-state index >= 15 is 0 Å². The number of sulfone groups is 1. The number of nitrogens with zero attached hydrogens (tertiary/aromatic N) is 3. The van der Waals surface area contributed by atoms with Gasteiger partial charge >= 0.3 is 0 Å². The lowest BCUT2D eigenvalue weighted by Crippen LogP contribution is -2.33. The molecule has 0 spiro atoms. The summed E-state index contributed by atoms with van der Waals surface area (Å²) in [5, 5.41) is 3.82. The summed E-state index contributed by atoms with van der Waals surface area (Å²) in [6.45, 7) is 3.21. The topological polar surface area (TPSA) is 93.4 Å². The second kappa shape index (κ2) is 6.72. The first kappa shape index (κ1) is 16.6. The summed E-state index contributed by atoms with van der Waals surface area (Å²) in [4.78, 5) is 17.7. The first-order valence-electron chi connectivity index (χ1n) is 7.81. The van der Waals surface area contributed by atoms with Crippen molar-refractivity contribution in [3.63, 3.8) is 0 Å². The molecule has 0 saturated carbocycles. The fraction of sp³-hybridized carbons (Fsp3) is 0.438. The molecular weight excluding hydrogens is 330 g/mol. The molecule has 0 aliphatic carbocycles. The van der Waals surface area contributed by atoms with E-state index in [0.29, 0.717) is 18.9 Å². The lowest BCUT2D eigenvalue weighted by atomic mass is 10.1. The Balaban J connectivity index is 1.68. The highest BCUT2D eigenvalue weighted by molar-refractivity contribution is 7.91. The van der Waals surface area contributed by atoms with E-state index in [1.165, 1.54) is 0 Å². The highest BCUT2D eigenvalue weighted by Gasteiger charge is 2.26. The molecule has 7 nitrogen and oxygen atoms in total. The molecule has 2 aromatic rings. The van der Waals surface area contributed by atoms with Crippen molar-refractivity contribution in [1.29, 1.82) is 0 Å². The summed E-state index contributed by atoms with van der Waals surface area (Å²) in [5.74, 6) is -0.956. The third-order valence-electron chi connectivity index (χ3n) is 3.89. The first-order valence-corrected chi connectivity index (χ1v) is 9.63. The number of rotatable bonds is 5. The van der Waals surface area contributed by atoms with E-state index in [1.54, 1.807) is 4.90 Å². The molecule has 0 atom stereocenters. The molecular formula is C16H19N3O4S. The fourth-order valence-electron chi connectivity index (χ4n) is 2.70. The van der Waals surface area contributed by atoms with Gasteiger partial charge in [0, 0.05) is 18.7 Å².